The van der Waals surface area contributed by atoms with Crippen molar-refractivity contribution < 1.29 is 9.53 Å². The van der Waals surface area contributed by atoms with E-state index in [1.54, 1.807) is 0 Å². The standard InChI is InChI=1S/C19H28N2O2/c1-15-17(10-13-23-15)20-18(14-16-8-4-2-5-9-16)19(22)21-11-6-3-7-12-21/h2,4-5,8-9,15,17-18,20H,3,6-7,10-14H2,1H3/t15-,17-,18-/m0/s1. The zero-order chi connectivity index (χ0) is 16.1. The maximum absolute atomic E-state index is 13.0. The third-order valence-electron chi connectivity index (χ3n) is 5.04. The van der Waals surface area contributed by atoms with E-state index in [2.05, 4.69) is 24.4 Å². The van der Waals surface area contributed by atoms with Crippen LogP contribution in [0.4, 0.5) is 0 Å². The van der Waals surface area contributed by atoms with Crippen LogP contribution in [0.2, 0.25) is 0 Å². The van der Waals surface area contributed by atoms with Crippen LogP contribution in [-0.2, 0) is 16.0 Å². The lowest BCUT2D eigenvalue weighted by atomic mass is 10.0. The second kappa shape index (κ2) is 7.93. The summed E-state index contributed by atoms with van der Waals surface area (Å²) in [5, 5.41) is 3.60. The van der Waals surface area contributed by atoms with Crippen LogP contribution in [0.15, 0.2) is 30.3 Å². The van der Waals surface area contributed by atoms with Gasteiger partial charge in [-0.05, 0) is 44.6 Å². The number of likely N-dealkylation sites (tertiary alicyclic amines) is 1. The van der Waals surface area contributed by atoms with E-state index in [0.717, 1.165) is 45.4 Å². The van der Waals surface area contributed by atoms with Crippen LogP contribution in [0, 0.1) is 0 Å². The number of nitrogens with zero attached hydrogens (tertiary/aromatic N) is 1. The molecule has 4 nitrogen and oxygen atoms in total. The van der Waals surface area contributed by atoms with Crippen molar-refractivity contribution in [2.75, 3.05) is 19.7 Å². The minimum absolute atomic E-state index is 0.148. The summed E-state index contributed by atoms with van der Waals surface area (Å²) in [6, 6.07) is 10.4. The van der Waals surface area contributed by atoms with Crippen LogP contribution in [0.3, 0.4) is 0 Å². The van der Waals surface area contributed by atoms with Crippen LogP contribution < -0.4 is 5.32 Å². The Balaban J connectivity index is 1.70. The lowest BCUT2D eigenvalue weighted by Gasteiger charge is -2.32. The highest BCUT2D eigenvalue weighted by Crippen LogP contribution is 2.17. The first-order valence-electron chi connectivity index (χ1n) is 8.94. The van der Waals surface area contributed by atoms with Crippen molar-refractivity contribution in [3.05, 3.63) is 35.9 Å². The highest BCUT2D eigenvalue weighted by molar-refractivity contribution is 5.82. The number of carbonyl (C=O) groups excluding carboxylic acids is 1. The summed E-state index contributed by atoms with van der Waals surface area (Å²) in [6.07, 6.45) is 5.43. The van der Waals surface area contributed by atoms with Gasteiger partial charge in [0.2, 0.25) is 5.91 Å². The number of benzene rings is 1. The number of piperidine rings is 1. The Labute approximate surface area is 139 Å². The van der Waals surface area contributed by atoms with Gasteiger partial charge in [0, 0.05) is 25.7 Å². The number of hydrogen-bond acceptors (Lipinski definition) is 3. The molecule has 2 heterocycles. The SMILES string of the molecule is C[C@@H]1OCC[C@@H]1N[C@@H](Cc1ccccc1)C(=O)N1CCCCC1. The number of nitrogens with one attached hydrogen (secondary N) is 1. The molecule has 2 saturated heterocycles. The van der Waals surface area contributed by atoms with E-state index >= 15 is 0 Å². The van der Waals surface area contributed by atoms with Crippen molar-refractivity contribution in [3.63, 3.8) is 0 Å². The molecule has 3 atom stereocenters. The number of rotatable bonds is 5. The summed E-state index contributed by atoms with van der Waals surface area (Å²) < 4.78 is 5.65. The van der Waals surface area contributed by atoms with Crippen molar-refractivity contribution >= 4 is 5.91 Å². The normalized spacial score (nSPS) is 26.2. The van der Waals surface area contributed by atoms with Gasteiger partial charge in [0.25, 0.3) is 0 Å². The summed E-state index contributed by atoms with van der Waals surface area (Å²) in [4.78, 5) is 15.1. The Hall–Kier alpha value is -1.39. The average Bonchev–Trinajstić information content (AvgIpc) is 3.00. The molecular formula is C19H28N2O2. The van der Waals surface area contributed by atoms with Crippen LogP contribution in [-0.4, -0.2) is 48.7 Å². The van der Waals surface area contributed by atoms with E-state index in [1.165, 1.54) is 12.0 Å². The van der Waals surface area contributed by atoms with Crippen molar-refractivity contribution in [1.29, 1.82) is 0 Å². The highest BCUT2D eigenvalue weighted by Gasteiger charge is 2.31. The molecule has 2 aliphatic rings. The first-order chi connectivity index (χ1) is 11.2. The molecule has 0 saturated carbocycles. The van der Waals surface area contributed by atoms with Gasteiger partial charge in [-0.2, -0.15) is 0 Å². The smallest absolute Gasteiger partial charge is 0.240 e. The second-order valence-corrected chi connectivity index (χ2v) is 6.77. The third-order valence-corrected chi connectivity index (χ3v) is 5.04. The Morgan fingerprint density at radius 2 is 2.00 bits per heavy atom. The van der Waals surface area contributed by atoms with Gasteiger partial charge in [0.05, 0.1) is 12.1 Å². The Kier molecular flexibility index (Phi) is 5.68. The third kappa shape index (κ3) is 4.33. The van der Waals surface area contributed by atoms with E-state index in [4.69, 9.17) is 4.74 Å². The van der Waals surface area contributed by atoms with Crippen molar-refractivity contribution in [2.24, 2.45) is 0 Å². The number of hydrogen-bond donors (Lipinski definition) is 1. The van der Waals surface area contributed by atoms with Gasteiger partial charge in [-0.25, -0.2) is 0 Å². The monoisotopic (exact) mass is 316 g/mol. The van der Waals surface area contributed by atoms with Crippen LogP contribution in [0.5, 0.6) is 0 Å². The molecule has 0 aliphatic carbocycles. The average molecular weight is 316 g/mol. The lowest BCUT2D eigenvalue weighted by Crippen LogP contribution is -2.53. The molecule has 3 rings (SSSR count). The molecule has 2 fully saturated rings. The quantitative estimate of drug-likeness (QED) is 0.907. The predicted molar refractivity (Wildman–Crippen MR) is 91.3 cm³/mol. The molecule has 0 spiro atoms. The van der Waals surface area contributed by atoms with E-state index in [1.807, 2.05) is 23.1 Å². The lowest BCUT2D eigenvalue weighted by molar-refractivity contribution is -0.134. The molecule has 0 unspecified atom stereocenters. The van der Waals surface area contributed by atoms with Gasteiger partial charge in [-0.3, -0.25) is 4.79 Å². The fraction of sp³-hybridized carbons (Fsp3) is 0.632. The fourth-order valence-electron chi connectivity index (χ4n) is 3.61. The van der Waals surface area contributed by atoms with Gasteiger partial charge >= 0.3 is 0 Å². The fourth-order valence-corrected chi connectivity index (χ4v) is 3.61. The minimum Gasteiger partial charge on any atom is -0.377 e. The molecule has 4 heteroatoms. The molecule has 1 N–H and O–H groups in total. The summed E-state index contributed by atoms with van der Waals surface area (Å²) in [5.74, 6) is 0.257. The van der Waals surface area contributed by atoms with Crippen LogP contribution in [0.25, 0.3) is 0 Å². The van der Waals surface area contributed by atoms with E-state index < -0.39 is 0 Å². The molecule has 1 amide bonds. The maximum Gasteiger partial charge on any atom is 0.240 e. The number of carbonyl (C=O) groups is 1. The van der Waals surface area contributed by atoms with Gasteiger partial charge < -0.3 is 15.0 Å². The highest BCUT2D eigenvalue weighted by atomic mass is 16.5. The maximum atomic E-state index is 13.0. The first kappa shape index (κ1) is 16.5. The van der Waals surface area contributed by atoms with Gasteiger partial charge in [0.1, 0.15) is 0 Å². The van der Waals surface area contributed by atoms with E-state index in [0.29, 0.717) is 0 Å². The first-order valence-corrected chi connectivity index (χ1v) is 8.94. The summed E-state index contributed by atoms with van der Waals surface area (Å²) >= 11 is 0. The van der Waals surface area contributed by atoms with Crippen LogP contribution in [0.1, 0.15) is 38.2 Å². The molecule has 0 radical (unpaired) electrons. The number of ether oxygens (including phenoxy) is 1. The Morgan fingerprint density at radius 1 is 1.26 bits per heavy atom. The summed E-state index contributed by atoms with van der Waals surface area (Å²) in [6.45, 7) is 4.69. The zero-order valence-corrected chi connectivity index (χ0v) is 14.0. The minimum atomic E-state index is -0.148. The Bertz CT molecular complexity index is 499. The van der Waals surface area contributed by atoms with Gasteiger partial charge in [-0.1, -0.05) is 30.3 Å². The van der Waals surface area contributed by atoms with Crippen LogP contribution >= 0.6 is 0 Å². The Morgan fingerprint density at radius 3 is 2.65 bits per heavy atom. The molecule has 2 aliphatic heterocycles. The predicted octanol–water partition coefficient (Wildman–Crippen LogP) is 2.38. The van der Waals surface area contributed by atoms with Crippen molar-refractivity contribution in [1.82, 2.24) is 10.2 Å². The molecule has 1 aromatic carbocycles. The van der Waals surface area contributed by atoms with Gasteiger partial charge in [-0.15, -0.1) is 0 Å². The zero-order valence-electron chi connectivity index (χ0n) is 14.0. The molecule has 23 heavy (non-hydrogen) atoms. The van der Waals surface area contributed by atoms with E-state index in [9.17, 15) is 4.79 Å². The molecule has 0 bridgehead atoms. The summed E-state index contributed by atoms with van der Waals surface area (Å²) in [7, 11) is 0. The molecule has 0 aromatic heterocycles. The summed E-state index contributed by atoms with van der Waals surface area (Å²) in [5.41, 5.74) is 1.21. The molecule has 126 valence electrons. The van der Waals surface area contributed by atoms with E-state index in [-0.39, 0.29) is 24.1 Å². The number of amides is 1. The van der Waals surface area contributed by atoms with Crippen molar-refractivity contribution in [2.45, 2.75) is 57.2 Å². The second-order valence-electron chi connectivity index (χ2n) is 6.77. The van der Waals surface area contributed by atoms with Gasteiger partial charge in [0.15, 0.2) is 0 Å². The molecular weight excluding hydrogens is 288 g/mol. The van der Waals surface area contributed by atoms with Crippen molar-refractivity contribution in [3.8, 4) is 0 Å². The topological polar surface area (TPSA) is 41.6 Å². The molecule has 1 aromatic rings. The largest absolute Gasteiger partial charge is 0.377 e.